The molecule has 0 radical (unpaired) electrons. The number of fused-ring (bicyclic) bond motifs is 6. The lowest BCUT2D eigenvalue weighted by atomic mass is 9.80. The number of rotatable bonds is 8. The molecule has 5 heteroatoms. The second-order valence-electron chi connectivity index (χ2n) is 16.0. The number of para-hydroxylation sites is 2. The van der Waals surface area contributed by atoms with Crippen LogP contribution in [0.3, 0.4) is 0 Å². The molecule has 0 spiro atoms. The Morgan fingerprint density at radius 2 is 1.28 bits per heavy atom. The van der Waals surface area contributed by atoms with Crippen LogP contribution < -0.4 is 10.6 Å². The van der Waals surface area contributed by atoms with Gasteiger partial charge in [-0.05, 0) is 112 Å². The third-order valence-electron chi connectivity index (χ3n) is 12.0. The highest BCUT2D eigenvalue weighted by Crippen LogP contribution is 2.51. The maximum atomic E-state index is 5.26. The van der Waals surface area contributed by atoms with Crippen molar-refractivity contribution in [3.8, 4) is 27.9 Å². The van der Waals surface area contributed by atoms with Crippen LogP contribution in [0, 0.1) is 0 Å². The zero-order valence-corrected chi connectivity index (χ0v) is 34.5. The van der Waals surface area contributed by atoms with Crippen molar-refractivity contribution in [1.82, 2.24) is 4.57 Å². The van der Waals surface area contributed by atoms with Gasteiger partial charge in [-0.3, -0.25) is 4.99 Å². The summed E-state index contributed by atoms with van der Waals surface area (Å²) in [6.45, 7) is 5.24. The molecule has 8 aromatic rings. The second kappa shape index (κ2) is 16.6. The summed E-state index contributed by atoms with van der Waals surface area (Å²) in [6.07, 6.45) is 9.94. The van der Waals surface area contributed by atoms with Gasteiger partial charge in [0.05, 0.1) is 23.9 Å². The van der Waals surface area contributed by atoms with Gasteiger partial charge in [0.1, 0.15) is 6.34 Å². The molecular weight excluding hydrogens is 731 g/mol. The van der Waals surface area contributed by atoms with Crippen molar-refractivity contribution in [3.05, 3.63) is 204 Å². The first-order valence-electron chi connectivity index (χ1n) is 20.8. The quantitative estimate of drug-likeness (QED) is 0.123. The van der Waals surface area contributed by atoms with E-state index in [9.17, 15) is 0 Å². The molecule has 0 saturated carbocycles. The van der Waals surface area contributed by atoms with Crippen LogP contribution in [-0.2, 0) is 12.0 Å². The molecule has 7 aromatic carbocycles. The molecule has 60 heavy (non-hydrogen) atoms. The zero-order chi connectivity index (χ0) is 41.1. The van der Waals surface area contributed by atoms with E-state index in [0.717, 1.165) is 22.6 Å². The Kier molecular flexibility index (Phi) is 10.6. The van der Waals surface area contributed by atoms with Gasteiger partial charge in [-0.15, -0.1) is 0 Å². The third-order valence-corrected chi connectivity index (χ3v) is 12.0. The van der Waals surface area contributed by atoms with E-state index in [1.54, 1.807) is 0 Å². The molecule has 0 aliphatic heterocycles. The monoisotopic (exact) mass is 779 g/mol. The smallest absolute Gasteiger partial charge is 0.112 e. The molecule has 0 saturated heterocycles. The van der Waals surface area contributed by atoms with Crippen LogP contribution >= 0.6 is 0 Å². The molecule has 0 unspecified atom stereocenters. The van der Waals surface area contributed by atoms with Crippen LogP contribution in [0.2, 0.25) is 0 Å². The lowest BCUT2D eigenvalue weighted by Gasteiger charge is -2.23. The summed E-state index contributed by atoms with van der Waals surface area (Å²) in [6, 6.07) is 60.8. The predicted molar refractivity (Wildman–Crippen MR) is 256 cm³/mol. The molecule has 0 fully saturated rings. The van der Waals surface area contributed by atoms with E-state index in [1.807, 2.05) is 0 Å². The molecule has 2 aliphatic carbocycles. The van der Waals surface area contributed by atoms with E-state index in [4.69, 9.17) is 5.73 Å². The molecule has 294 valence electrons. The van der Waals surface area contributed by atoms with Crippen LogP contribution in [0.25, 0.3) is 55.3 Å². The molecule has 2 N–H and O–H groups in total. The van der Waals surface area contributed by atoms with Crippen LogP contribution in [0.5, 0.6) is 0 Å². The van der Waals surface area contributed by atoms with Crippen molar-refractivity contribution in [2.24, 2.45) is 15.7 Å². The number of aromatic nitrogens is 1. The highest BCUT2D eigenvalue weighted by atomic mass is 15.1. The Morgan fingerprint density at radius 3 is 2.03 bits per heavy atom. The predicted octanol–water partition coefficient (Wildman–Crippen LogP) is 13.5. The van der Waals surface area contributed by atoms with Crippen molar-refractivity contribution >= 4 is 51.4 Å². The van der Waals surface area contributed by atoms with E-state index < -0.39 is 0 Å². The molecule has 5 nitrogen and oxygen atoms in total. The Labute approximate surface area is 353 Å². The summed E-state index contributed by atoms with van der Waals surface area (Å²) in [5, 5.41) is 2.49. The van der Waals surface area contributed by atoms with Crippen LogP contribution in [0.15, 0.2) is 198 Å². The lowest BCUT2D eigenvalue weighted by Crippen LogP contribution is -2.15. The van der Waals surface area contributed by atoms with Gasteiger partial charge in [0.25, 0.3) is 0 Å². The van der Waals surface area contributed by atoms with Crippen LogP contribution in [0.1, 0.15) is 43.4 Å². The molecule has 10 rings (SSSR count). The van der Waals surface area contributed by atoms with E-state index in [-0.39, 0.29) is 5.41 Å². The maximum absolute atomic E-state index is 5.26. The fourth-order valence-electron chi connectivity index (χ4n) is 8.96. The summed E-state index contributed by atoms with van der Waals surface area (Å²) < 4.78 is 2.40. The first kappa shape index (κ1) is 38.3. The SMILES string of the molecule is CC1(C)C2=CCCC=C2c2ccccc21.CN(c1ccc(CN=CN=CN)cc1)c1ccc(-c2cc(-c3ccccc3)c3c(c2)c2ccccc2n3-c2ccccc2)cc1. The number of hydrogen-bond acceptors (Lipinski definition) is 2. The van der Waals surface area contributed by atoms with E-state index in [1.165, 1.54) is 91.9 Å². The number of nitrogens with two attached hydrogens (primary N) is 1. The fraction of sp³-hybridized carbons (Fsp3) is 0.127. The summed E-state index contributed by atoms with van der Waals surface area (Å²) in [5.74, 6) is 0. The van der Waals surface area contributed by atoms with Gasteiger partial charge in [-0.1, -0.05) is 141 Å². The molecule has 0 bridgehead atoms. The second-order valence-corrected chi connectivity index (χ2v) is 16.0. The number of hydrogen-bond donors (Lipinski definition) is 1. The van der Waals surface area contributed by atoms with Gasteiger partial charge in [-0.25, -0.2) is 4.99 Å². The third kappa shape index (κ3) is 7.24. The minimum absolute atomic E-state index is 0.211. The van der Waals surface area contributed by atoms with Gasteiger partial charge in [0, 0.05) is 45.9 Å². The molecular formula is C55H49N5. The number of nitrogens with zero attached hydrogens (tertiary/aromatic N) is 4. The first-order valence-corrected chi connectivity index (χ1v) is 20.8. The molecule has 0 atom stereocenters. The number of anilines is 2. The van der Waals surface area contributed by atoms with Gasteiger partial charge >= 0.3 is 0 Å². The standard InChI is InChI=1S/C40H33N5.C15H16/c1-44(33-20-16-29(17-21-33)26-42-28-43-27-41)34-22-18-30(19-23-34)32-24-37(31-10-4-2-5-11-31)40-38(25-32)36-14-8-9-15-39(36)45(40)35-12-6-3-7-13-35;1-15(2)13-9-5-3-7-11(13)12-8-4-6-10-14(12)15/h2-25,27-28H,26H2,1H3,(H2,41,42,43);3,5,7-10H,4,6H2,1-2H3. The van der Waals surface area contributed by atoms with E-state index in [2.05, 4.69) is 222 Å². The van der Waals surface area contributed by atoms with Crippen molar-refractivity contribution in [2.75, 3.05) is 11.9 Å². The van der Waals surface area contributed by atoms with Gasteiger partial charge in [-0.2, -0.15) is 0 Å². The summed E-state index contributed by atoms with van der Waals surface area (Å²) in [7, 11) is 2.09. The van der Waals surface area contributed by atoms with Crippen LogP contribution in [0.4, 0.5) is 11.4 Å². The fourth-order valence-corrected chi connectivity index (χ4v) is 8.96. The maximum Gasteiger partial charge on any atom is 0.112 e. The largest absolute Gasteiger partial charge is 0.390 e. The van der Waals surface area contributed by atoms with Gasteiger partial charge in [0.15, 0.2) is 0 Å². The molecule has 1 aromatic heterocycles. The summed E-state index contributed by atoms with van der Waals surface area (Å²) >= 11 is 0. The highest BCUT2D eigenvalue weighted by Gasteiger charge is 2.38. The molecule has 1 heterocycles. The summed E-state index contributed by atoms with van der Waals surface area (Å²) in [4.78, 5) is 10.3. The number of allylic oxidation sites excluding steroid dienone is 4. The van der Waals surface area contributed by atoms with E-state index >= 15 is 0 Å². The molecule has 2 aliphatic rings. The van der Waals surface area contributed by atoms with Crippen LogP contribution in [-0.4, -0.2) is 24.3 Å². The van der Waals surface area contributed by atoms with Crippen molar-refractivity contribution in [2.45, 2.75) is 38.6 Å². The van der Waals surface area contributed by atoms with E-state index in [0.29, 0.717) is 6.54 Å². The zero-order valence-electron chi connectivity index (χ0n) is 34.5. The minimum atomic E-state index is 0.211. The highest BCUT2D eigenvalue weighted by molar-refractivity contribution is 6.15. The van der Waals surface area contributed by atoms with Crippen molar-refractivity contribution in [3.63, 3.8) is 0 Å². The van der Waals surface area contributed by atoms with Crippen molar-refractivity contribution < 1.29 is 0 Å². The number of aliphatic imine (C=N–C) groups is 2. The van der Waals surface area contributed by atoms with Gasteiger partial charge in [0.2, 0.25) is 0 Å². The van der Waals surface area contributed by atoms with Gasteiger partial charge < -0.3 is 15.2 Å². The Hall–Kier alpha value is -7.24. The average Bonchev–Trinajstić information content (AvgIpc) is 3.77. The Morgan fingerprint density at radius 1 is 0.633 bits per heavy atom. The number of benzene rings is 7. The lowest BCUT2D eigenvalue weighted by molar-refractivity contribution is 0.654. The molecule has 0 amide bonds. The minimum Gasteiger partial charge on any atom is -0.390 e. The summed E-state index contributed by atoms with van der Waals surface area (Å²) in [5.41, 5.74) is 23.1. The Bertz CT molecular complexity index is 2910. The Balaban J connectivity index is 0.000000257. The first-order chi connectivity index (χ1) is 29.4. The van der Waals surface area contributed by atoms with Crippen molar-refractivity contribution in [1.29, 1.82) is 0 Å². The average molecular weight is 780 g/mol. The topological polar surface area (TPSA) is 58.9 Å². The normalized spacial score (nSPS) is 14.1.